The Morgan fingerprint density at radius 1 is 1.21 bits per heavy atom. The number of hydrogen-bond acceptors (Lipinski definition) is 5. The summed E-state index contributed by atoms with van der Waals surface area (Å²) in [6.45, 7) is 3.92. The van der Waals surface area contributed by atoms with Crippen LogP contribution in [0.3, 0.4) is 0 Å². The summed E-state index contributed by atoms with van der Waals surface area (Å²) in [5.41, 5.74) is 1.26. The first-order valence-corrected chi connectivity index (χ1v) is 12.1. The van der Waals surface area contributed by atoms with Gasteiger partial charge in [0.2, 0.25) is 10.0 Å². The molecule has 2 aromatic rings. The van der Waals surface area contributed by atoms with Crippen LogP contribution in [0, 0.1) is 0 Å². The maximum atomic E-state index is 12.6. The third kappa shape index (κ3) is 7.22. The van der Waals surface area contributed by atoms with E-state index in [1.54, 1.807) is 11.8 Å². The molecule has 158 valence electrons. The van der Waals surface area contributed by atoms with Crippen molar-refractivity contribution in [1.29, 1.82) is 0 Å². The van der Waals surface area contributed by atoms with Gasteiger partial charge in [0.05, 0.1) is 17.6 Å². The van der Waals surface area contributed by atoms with Gasteiger partial charge in [0.25, 0.3) is 5.91 Å². The Labute approximate surface area is 181 Å². The van der Waals surface area contributed by atoms with Crippen molar-refractivity contribution in [1.82, 2.24) is 10.0 Å². The highest BCUT2D eigenvalue weighted by Crippen LogP contribution is 2.23. The normalized spacial score (nSPS) is 11.5. The summed E-state index contributed by atoms with van der Waals surface area (Å²) in [5, 5.41) is 3.43. The van der Waals surface area contributed by atoms with Gasteiger partial charge in [-0.3, -0.25) is 4.79 Å². The number of halogens is 1. The monoisotopic (exact) mass is 456 g/mol. The van der Waals surface area contributed by atoms with E-state index in [0.29, 0.717) is 16.5 Å². The summed E-state index contributed by atoms with van der Waals surface area (Å²) < 4.78 is 33.0. The fraction of sp³-hybridized carbons (Fsp3) is 0.350. The van der Waals surface area contributed by atoms with Crippen molar-refractivity contribution in [3.8, 4) is 5.75 Å². The fourth-order valence-electron chi connectivity index (χ4n) is 2.52. The van der Waals surface area contributed by atoms with Gasteiger partial charge in [-0.2, -0.15) is 11.8 Å². The molecule has 0 bridgehead atoms. The third-order valence-electron chi connectivity index (χ3n) is 3.84. The molecule has 0 radical (unpaired) electrons. The van der Waals surface area contributed by atoms with Crippen LogP contribution >= 0.6 is 23.4 Å². The van der Waals surface area contributed by atoms with E-state index in [-0.39, 0.29) is 29.0 Å². The van der Waals surface area contributed by atoms with Crippen molar-refractivity contribution in [3.05, 3.63) is 58.6 Å². The highest BCUT2D eigenvalue weighted by atomic mass is 35.5. The zero-order chi connectivity index (χ0) is 21.4. The van der Waals surface area contributed by atoms with Gasteiger partial charge in [0.15, 0.2) is 0 Å². The Morgan fingerprint density at radius 2 is 1.97 bits per heavy atom. The second kappa shape index (κ2) is 10.9. The summed E-state index contributed by atoms with van der Waals surface area (Å²) >= 11 is 7.56. The van der Waals surface area contributed by atoms with Crippen molar-refractivity contribution in [2.24, 2.45) is 0 Å². The molecule has 0 fully saturated rings. The minimum Gasteiger partial charge on any atom is -0.496 e. The van der Waals surface area contributed by atoms with Gasteiger partial charge in [-0.1, -0.05) is 23.7 Å². The molecule has 2 N–H and O–H groups in total. The molecule has 2 rings (SSSR count). The molecule has 6 nitrogen and oxygen atoms in total. The molecule has 0 aliphatic carbocycles. The first kappa shape index (κ1) is 23.5. The van der Waals surface area contributed by atoms with Gasteiger partial charge in [-0.25, -0.2) is 13.1 Å². The Kier molecular flexibility index (Phi) is 8.82. The van der Waals surface area contributed by atoms with Gasteiger partial charge in [-0.05, 0) is 49.7 Å². The number of rotatable bonds is 10. The smallest absolute Gasteiger partial charge is 0.255 e. The van der Waals surface area contributed by atoms with Gasteiger partial charge >= 0.3 is 0 Å². The average molecular weight is 457 g/mol. The van der Waals surface area contributed by atoms with E-state index in [1.807, 2.05) is 38.1 Å². The number of ether oxygens (including phenoxy) is 1. The first-order chi connectivity index (χ1) is 13.7. The van der Waals surface area contributed by atoms with E-state index in [2.05, 4.69) is 10.0 Å². The minimum atomic E-state index is -3.74. The lowest BCUT2D eigenvalue weighted by atomic mass is 10.2. The number of thioether (sulfide) groups is 1. The number of sulfonamides is 1. The van der Waals surface area contributed by atoms with Gasteiger partial charge in [0.1, 0.15) is 5.75 Å². The molecule has 0 aromatic heterocycles. The van der Waals surface area contributed by atoms with Crippen molar-refractivity contribution < 1.29 is 17.9 Å². The molecule has 0 atom stereocenters. The molecule has 0 unspecified atom stereocenters. The zero-order valence-electron chi connectivity index (χ0n) is 16.6. The molecular weight excluding hydrogens is 432 g/mol. The lowest BCUT2D eigenvalue weighted by molar-refractivity contribution is 0.0940. The van der Waals surface area contributed by atoms with E-state index in [1.165, 1.54) is 25.3 Å². The highest BCUT2D eigenvalue weighted by Gasteiger charge is 2.20. The van der Waals surface area contributed by atoms with Crippen molar-refractivity contribution >= 4 is 39.3 Å². The molecular formula is C20H25ClN2O4S2. The lowest BCUT2D eigenvalue weighted by Gasteiger charge is -2.13. The Balaban J connectivity index is 1.98. The molecule has 9 heteroatoms. The average Bonchev–Trinajstić information content (AvgIpc) is 2.66. The van der Waals surface area contributed by atoms with Crippen molar-refractivity contribution in [3.63, 3.8) is 0 Å². The zero-order valence-corrected chi connectivity index (χ0v) is 19.0. The second-order valence-electron chi connectivity index (χ2n) is 6.57. The standard InChI is InChI=1S/C20H25ClN2O4S2/c1-14(2)23-20(24)18-12-17(7-8-19(18)27-3)29(25,26)22-9-10-28-13-15-5-4-6-16(21)11-15/h4-8,11-12,14,22H,9-10,13H2,1-3H3,(H,23,24). The van der Waals surface area contributed by atoms with Gasteiger partial charge in [-0.15, -0.1) is 0 Å². The topological polar surface area (TPSA) is 84.5 Å². The fourth-order valence-corrected chi connectivity index (χ4v) is 4.73. The third-order valence-corrected chi connectivity index (χ3v) is 6.57. The van der Waals surface area contributed by atoms with Crippen LogP contribution in [0.15, 0.2) is 47.4 Å². The van der Waals surface area contributed by atoms with Crippen LogP contribution < -0.4 is 14.8 Å². The van der Waals surface area contributed by atoms with Gasteiger partial charge < -0.3 is 10.1 Å². The first-order valence-electron chi connectivity index (χ1n) is 9.03. The largest absolute Gasteiger partial charge is 0.496 e. The number of nitrogens with one attached hydrogen (secondary N) is 2. The highest BCUT2D eigenvalue weighted by molar-refractivity contribution is 7.98. The van der Waals surface area contributed by atoms with Crippen LogP contribution in [0.25, 0.3) is 0 Å². The quantitative estimate of drug-likeness (QED) is 0.532. The molecule has 0 spiro atoms. The summed E-state index contributed by atoms with van der Waals surface area (Å²) in [6, 6.07) is 11.7. The van der Waals surface area contributed by atoms with Crippen LogP contribution in [0.1, 0.15) is 29.8 Å². The molecule has 2 aromatic carbocycles. The molecule has 0 heterocycles. The predicted molar refractivity (Wildman–Crippen MR) is 118 cm³/mol. The number of benzene rings is 2. The maximum absolute atomic E-state index is 12.6. The van der Waals surface area contributed by atoms with Gasteiger partial charge in [0, 0.05) is 29.1 Å². The number of carbonyl (C=O) groups is 1. The summed E-state index contributed by atoms with van der Waals surface area (Å²) in [5.74, 6) is 1.28. The van der Waals surface area contributed by atoms with Crippen LogP contribution in [-0.4, -0.2) is 39.8 Å². The molecule has 0 saturated heterocycles. The molecule has 0 aliphatic heterocycles. The summed E-state index contributed by atoms with van der Waals surface area (Å²) in [6.07, 6.45) is 0. The Morgan fingerprint density at radius 3 is 2.62 bits per heavy atom. The molecule has 0 saturated carbocycles. The number of hydrogen-bond donors (Lipinski definition) is 2. The van der Waals surface area contributed by atoms with E-state index >= 15 is 0 Å². The molecule has 1 amide bonds. The maximum Gasteiger partial charge on any atom is 0.255 e. The molecule has 0 aliphatic rings. The van der Waals surface area contributed by atoms with E-state index in [4.69, 9.17) is 16.3 Å². The van der Waals surface area contributed by atoms with Crippen molar-refractivity contribution in [2.45, 2.75) is 30.5 Å². The minimum absolute atomic E-state index is 0.0204. The van der Waals surface area contributed by atoms with E-state index < -0.39 is 10.0 Å². The Bertz CT molecular complexity index is 949. The Hall–Kier alpha value is -1.74. The van der Waals surface area contributed by atoms with Crippen LogP contribution in [0.4, 0.5) is 0 Å². The summed E-state index contributed by atoms with van der Waals surface area (Å²) in [4.78, 5) is 12.4. The van der Waals surface area contributed by atoms with E-state index in [0.717, 1.165) is 11.3 Å². The molecule has 29 heavy (non-hydrogen) atoms. The van der Waals surface area contributed by atoms with Crippen LogP contribution in [-0.2, 0) is 15.8 Å². The number of amides is 1. The number of carbonyl (C=O) groups excluding carboxylic acids is 1. The predicted octanol–water partition coefficient (Wildman–Crippen LogP) is 3.70. The van der Waals surface area contributed by atoms with Crippen LogP contribution in [0.2, 0.25) is 5.02 Å². The second-order valence-corrected chi connectivity index (χ2v) is 9.88. The summed E-state index contributed by atoms with van der Waals surface area (Å²) in [7, 11) is -2.31. The van der Waals surface area contributed by atoms with E-state index in [9.17, 15) is 13.2 Å². The number of methoxy groups -OCH3 is 1. The SMILES string of the molecule is COc1ccc(S(=O)(=O)NCCSCc2cccc(Cl)c2)cc1C(=O)NC(C)C. The lowest BCUT2D eigenvalue weighted by Crippen LogP contribution is -2.31. The van der Waals surface area contributed by atoms with Crippen molar-refractivity contribution in [2.75, 3.05) is 19.4 Å². The van der Waals surface area contributed by atoms with Crippen LogP contribution in [0.5, 0.6) is 5.75 Å².